The molecule has 1 N–H and O–H groups in total. The predicted molar refractivity (Wildman–Crippen MR) is 93.3 cm³/mol. The van der Waals surface area contributed by atoms with Gasteiger partial charge < -0.3 is 5.11 Å². The molecule has 1 aliphatic heterocycles. The van der Waals surface area contributed by atoms with Crippen LogP contribution in [0.1, 0.15) is 32.5 Å². The smallest absolute Gasteiger partial charge is 0.272 e. The third-order valence-electron chi connectivity index (χ3n) is 4.92. The molecule has 24 heavy (non-hydrogen) atoms. The summed E-state index contributed by atoms with van der Waals surface area (Å²) in [5, 5.41) is 20.9. The van der Waals surface area contributed by atoms with Crippen LogP contribution in [-0.4, -0.2) is 47.4 Å². The van der Waals surface area contributed by atoms with Crippen LogP contribution in [-0.2, 0) is 13.6 Å². The monoisotopic (exact) mass is 347 g/mol. The van der Waals surface area contributed by atoms with Crippen molar-refractivity contribution in [2.45, 2.75) is 44.9 Å². The van der Waals surface area contributed by atoms with Gasteiger partial charge in [-0.05, 0) is 44.7 Å². The first-order valence-electron chi connectivity index (χ1n) is 8.14. The number of aromatic nitrogens is 4. The van der Waals surface area contributed by atoms with E-state index in [2.05, 4.69) is 15.1 Å². The van der Waals surface area contributed by atoms with Crippen molar-refractivity contribution < 1.29 is 5.11 Å². The third-order valence-corrected chi connectivity index (χ3v) is 5.81. The van der Waals surface area contributed by atoms with E-state index < -0.39 is 5.60 Å². The zero-order valence-corrected chi connectivity index (χ0v) is 14.9. The van der Waals surface area contributed by atoms with Gasteiger partial charge in [-0.15, -0.1) is 21.5 Å². The van der Waals surface area contributed by atoms with Crippen LogP contribution in [0.4, 0.5) is 0 Å². The molecule has 4 heterocycles. The topological polar surface area (TPSA) is 75.7 Å². The molecule has 128 valence electrons. The molecule has 0 saturated carbocycles. The Hall–Kier alpha value is -1.77. The highest BCUT2D eigenvalue weighted by molar-refractivity contribution is 7.17. The lowest BCUT2D eigenvalue weighted by Crippen LogP contribution is -2.45. The van der Waals surface area contributed by atoms with Crippen molar-refractivity contribution in [2.75, 3.05) is 6.54 Å². The van der Waals surface area contributed by atoms with E-state index in [0.717, 1.165) is 30.7 Å². The van der Waals surface area contributed by atoms with Crippen molar-refractivity contribution in [1.29, 1.82) is 0 Å². The van der Waals surface area contributed by atoms with Crippen LogP contribution in [0.3, 0.4) is 0 Å². The summed E-state index contributed by atoms with van der Waals surface area (Å²) in [6.07, 6.45) is 2.05. The van der Waals surface area contributed by atoms with Crippen LogP contribution in [0.25, 0.3) is 16.0 Å². The van der Waals surface area contributed by atoms with E-state index in [1.807, 2.05) is 29.7 Å². The van der Waals surface area contributed by atoms with Crippen molar-refractivity contribution in [3.8, 4) is 0 Å². The number of likely N-dealkylation sites (tertiary alicyclic amines) is 1. The molecule has 8 heteroatoms. The standard InChI is InChI=1S/C16H21N5O2S/c1-16(2,23)11-5-4-7-20(11)9-12-17-18-15-19(3)14(22)13-10(21(12)15)6-8-24-13/h6,8,11,23H,4-5,7,9H2,1-3H3. The van der Waals surface area contributed by atoms with Crippen molar-refractivity contribution >= 4 is 27.3 Å². The van der Waals surface area contributed by atoms with Crippen molar-refractivity contribution in [3.63, 3.8) is 0 Å². The number of aliphatic hydroxyl groups is 1. The average Bonchev–Trinajstić information content (AvgIpc) is 3.22. The number of nitrogens with zero attached hydrogens (tertiary/aromatic N) is 5. The van der Waals surface area contributed by atoms with Gasteiger partial charge >= 0.3 is 0 Å². The molecule has 4 rings (SSSR count). The number of rotatable bonds is 3. The maximum atomic E-state index is 12.4. The normalized spacial score (nSPS) is 19.8. The lowest BCUT2D eigenvalue weighted by molar-refractivity contribution is -0.00580. The lowest BCUT2D eigenvalue weighted by Gasteiger charge is -2.33. The van der Waals surface area contributed by atoms with Crippen molar-refractivity contribution in [3.05, 3.63) is 27.6 Å². The van der Waals surface area contributed by atoms with E-state index in [4.69, 9.17) is 0 Å². The largest absolute Gasteiger partial charge is 0.389 e. The molecule has 0 spiro atoms. The Kier molecular flexibility index (Phi) is 3.52. The SMILES string of the molecule is Cn1c(=O)c2sccc2n2c(CN3CCCC3C(C)(C)O)nnc12. The molecular formula is C16H21N5O2S. The van der Waals surface area contributed by atoms with E-state index >= 15 is 0 Å². The van der Waals surface area contributed by atoms with Gasteiger partial charge in [0, 0.05) is 13.1 Å². The Morgan fingerprint density at radius 2 is 2.21 bits per heavy atom. The summed E-state index contributed by atoms with van der Waals surface area (Å²) in [4.78, 5) is 14.7. The molecule has 3 aromatic heterocycles. The summed E-state index contributed by atoms with van der Waals surface area (Å²) in [6, 6.07) is 2.05. The molecule has 1 fully saturated rings. The van der Waals surface area contributed by atoms with Crippen LogP contribution < -0.4 is 5.56 Å². The van der Waals surface area contributed by atoms with Crippen molar-refractivity contribution in [1.82, 2.24) is 24.1 Å². The summed E-state index contributed by atoms with van der Waals surface area (Å²) in [5.74, 6) is 1.36. The Morgan fingerprint density at radius 1 is 1.42 bits per heavy atom. The summed E-state index contributed by atoms with van der Waals surface area (Å²) in [5.41, 5.74) is 0.0701. The van der Waals surface area contributed by atoms with E-state index in [9.17, 15) is 9.90 Å². The van der Waals surface area contributed by atoms with Gasteiger partial charge in [0.1, 0.15) is 4.70 Å². The molecule has 7 nitrogen and oxygen atoms in total. The third kappa shape index (κ3) is 2.28. The van der Waals surface area contributed by atoms with Crippen LogP contribution in [0, 0.1) is 0 Å². The minimum atomic E-state index is -0.748. The van der Waals surface area contributed by atoms with E-state index in [1.54, 1.807) is 11.6 Å². The minimum absolute atomic E-state index is 0.0398. The molecule has 3 aromatic rings. The van der Waals surface area contributed by atoms with E-state index in [0.29, 0.717) is 17.0 Å². The summed E-state index contributed by atoms with van der Waals surface area (Å²) < 4.78 is 4.23. The Balaban J connectivity index is 1.82. The first-order valence-corrected chi connectivity index (χ1v) is 9.02. The van der Waals surface area contributed by atoms with Crippen molar-refractivity contribution in [2.24, 2.45) is 7.05 Å². The number of fused-ring (bicyclic) bond motifs is 3. The second kappa shape index (κ2) is 5.37. The number of thiophene rings is 1. The average molecular weight is 347 g/mol. The van der Waals surface area contributed by atoms with Gasteiger partial charge in [-0.2, -0.15) is 0 Å². The lowest BCUT2D eigenvalue weighted by atomic mass is 9.97. The molecule has 1 atom stereocenters. The second-order valence-corrected chi connectivity index (χ2v) is 7.95. The van der Waals surface area contributed by atoms with Gasteiger partial charge in [0.25, 0.3) is 5.56 Å². The summed E-state index contributed by atoms with van der Waals surface area (Å²) in [7, 11) is 1.73. The zero-order valence-electron chi connectivity index (χ0n) is 14.1. The fourth-order valence-electron chi connectivity index (χ4n) is 3.75. The van der Waals surface area contributed by atoms with Gasteiger partial charge in [0.05, 0.1) is 17.7 Å². The van der Waals surface area contributed by atoms with Gasteiger partial charge in [0.2, 0.25) is 5.78 Å². The Morgan fingerprint density at radius 3 is 2.96 bits per heavy atom. The highest BCUT2D eigenvalue weighted by atomic mass is 32.1. The molecule has 0 aromatic carbocycles. The second-order valence-electron chi connectivity index (χ2n) is 7.03. The first-order chi connectivity index (χ1) is 11.4. The summed E-state index contributed by atoms with van der Waals surface area (Å²) >= 11 is 1.44. The Labute approximate surface area is 143 Å². The first kappa shape index (κ1) is 15.7. The molecular weight excluding hydrogens is 326 g/mol. The van der Waals surface area contributed by atoms with E-state index in [1.165, 1.54) is 11.3 Å². The zero-order chi connectivity index (χ0) is 17.1. The van der Waals surface area contributed by atoms with Gasteiger partial charge in [-0.3, -0.25) is 18.7 Å². The molecule has 1 saturated heterocycles. The van der Waals surface area contributed by atoms with Crippen LogP contribution in [0.2, 0.25) is 0 Å². The Bertz CT molecular complexity index is 965. The predicted octanol–water partition coefficient (Wildman–Crippen LogP) is 1.38. The highest BCUT2D eigenvalue weighted by Crippen LogP contribution is 2.28. The fraction of sp³-hybridized carbons (Fsp3) is 0.562. The van der Waals surface area contributed by atoms with E-state index in [-0.39, 0.29) is 11.6 Å². The minimum Gasteiger partial charge on any atom is -0.389 e. The van der Waals surface area contributed by atoms with Gasteiger partial charge in [-0.25, -0.2) is 0 Å². The quantitative estimate of drug-likeness (QED) is 0.775. The maximum Gasteiger partial charge on any atom is 0.272 e. The maximum absolute atomic E-state index is 12.4. The summed E-state index contributed by atoms with van der Waals surface area (Å²) in [6.45, 7) is 5.26. The van der Waals surface area contributed by atoms with Gasteiger partial charge in [-0.1, -0.05) is 0 Å². The highest BCUT2D eigenvalue weighted by Gasteiger charge is 2.36. The molecule has 1 unspecified atom stereocenters. The van der Waals surface area contributed by atoms with Crippen LogP contribution >= 0.6 is 11.3 Å². The number of hydrogen-bond donors (Lipinski definition) is 1. The molecule has 0 radical (unpaired) electrons. The fourth-order valence-corrected chi connectivity index (χ4v) is 4.60. The molecule has 1 aliphatic rings. The molecule has 0 amide bonds. The van der Waals surface area contributed by atoms with Gasteiger partial charge in [0.15, 0.2) is 5.82 Å². The molecule has 0 aliphatic carbocycles. The number of aryl methyl sites for hydroxylation is 1. The van der Waals surface area contributed by atoms with Crippen LogP contribution in [0.5, 0.6) is 0 Å². The van der Waals surface area contributed by atoms with Crippen LogP contribution in [0.15, 0.2) is 16.2 Å². The molecule has 0 bridgehead atoms. The number of hydrogen-bond acceptors (Lipinski definition) is 6.